The maximum absolute atomic E-state index is 12.9. The van der Waals surface area contributed by atoms with E-state index in [0.717, 1.165) is 16.7 Å². The molecule has 0 unspecified atom stereocenters. The lowest BCUT2D eigenvalue weighted by atomic mass is 10.0. The van der Waals surface area contributed by atoms with Gasteiger partial charge < -0.3 is 25.8 Å². The van der Waals surface area contributed by atoms with E-state index in [1.165, 1.54) is 0 Å². The van der Waals surface area contributed by atoms with Crippen LogP contribution >= 0.6 is 0 Å². The van der Waals surface area contributed by atoms with E-state index in [1.807, 2.05) is 61.5 Å². The maximum Gasteiger partial charge on any atom is 0.407 e. The number of unbranched alkanes of at least 4 members (excludes halogenated alkanes) is 1. The van der Waals surface area contributed by atoms with Gasteiger partial charge in [-0.2, -0.15) is 0 Å². The van der Waals surface area contributed by atoms with Crippen LogP contribution in [0.4, 0.5) is 4.79 Å². The molecule has 0 aliphatic rings. The molecule has 0 bridgehead atoms. The normalized spacial score (nSPS) is 12.8. The van der Waals surface area contributed by atoms with Crippen molar-refractivity contribution in [2.24, 2.45) is 5.73 Å². The largest absolute Gasteiger partial charge is 0.459 e. The van der Waals surface area contributed by atoms with Gasteiger partial charge in [-0.1, -0.05) is 60.2 Å². The Morgan fingerprint density at radius 1 is 0.944 bits per heavy atom. The number of carbonyl (C=O) groups is 3. The summed E-state index contributed by atoms with van der Waals surface area (Å²) >= 11 is 0. The van der Waals surface area contributed by atoms with Crippen LogP contribution in [-0.2, 0) is 32.1 Å². The first-order chi connectivity index (χ1) is 17.0. The number of benzene rings is 2. The smallest absolute Gasteiger partial charge is 0.407 e. The Bertz CT molecular complexity index is 971. The number of carbonyl (C=O) groups excluding carboxylic acids is 3. The fourth-order valence-corrected chi connectivity index (χ4v) is 3.41. The molecule has 0 saturated heterocycles. The summed E-state index contributed by atoms with van der Waals surface area (Å²) in [4.78, 5) is 37.4. The van der Waals surface area contributed by atoms with Gasteiger partial charge in [0.1, 0.15) is 18.2 Å². The summed E-state index contributed by atoms with van der Waals surface area (Å²) in [6.45, 7) is 7.88. The molecule has 8 heteroatoms. The van der Waals surface area contributed by atoms with Crippen LogP contribution in [0.5, 0.6) is 0 Å². The summed E-state index contributed by atoms with van der Waals surface area (Å²) in [5, 5.41) is 5.46. The van der Waals surface area contributed by atoms with Crippen LogP contribution in [0.1, 0.15) is 56.7 Å². The molecule has 0 fully saturated rings. The molecule has 0 saturated carbocycles. The van der Waals surface area contributed by atoms with E-state index in [9.17, 15) is 14.4 Å². The molecule has 2 amide bonds. The standard InChI is InChI=1S/C28H39N3O5/c1-20-13-15-22(16-14-20)19-35-26(33)24(12-8-9-17-30-27(34)36-28(2,3)4)31-25(32)23(29)18-21-10-6-5-7-11-21/h5-7,10-11,13-16,23-24H,8-9,12,17-19,29H2,1-4H3,(H,30,34)(H,31,32)/t23-,24+/m1/s1. The molecular weight excluding hydrogens is 458 g/mol. The highest BCUT2D eigenvalue weighted by Gasteiger charge is 2.25. The summed E-state index contributed by atoms with van der Waals surface area (Å²) in [7, 11) is 0. The van der Waals surface area contributed by atoms with Gasteiger partial charge in [0, 0.05) is 6.54 Å². The van der Waals surface area contributed by atoms with E-state index >= 15 is 0 Å². The van der Waals surface area contributed by atoms with Gasteiger partial charge in [0.2, 0.25) is 5.91 Å². The highest BCUT2D eigenvalue weighted by Crippen LogP contribution is 2.10. The van der Waals surface area contributed by atoms with Crippen LogP contribution in [0.2, 0.25) is 0 Å². The van der Waals surface area contributed by atoms with Gasteiger partial charge in [-0.15, -0.1) is 0 Å². The quantitative estimate of drug-likeness (QED) is 0.303. The Kier molecular flexibility index (Phi) is 11.4. The van der Waals surface area contributed by atoms with Gasteiger partial charge in [0.15, 0.2) is 0 Å². The van der Waals surface area contributed by atoms with Crippen molar-refractivity contribution in [1.82, 2.24) is 10.6 Å². The van der Waals surface area contributed by atoms with E-state index in [-0.39, 0.29) is 6.61 Å². The average Bonchev–Trinajstić information content (AvgIpc) is 2.82. The molecule has 0 aliphatic heterocycles. The van der Waals surface area contributed by atoms with Crippen molar-refractivity contribution in [2.75, 3.05) is 6.54 Å². The molecular formula is C28H39N3O5. The van der Waals surface area contributed by atoms with Gasteiger partial charge in [-0.25, -0.2) is 9.59 Å². The number of esters is 1. The van der Waals surface area contributed by atoms with Crippen LogP contribution < -0.4 is 16.4 Å². The first-order valence-corrected chi connectivity index (χ1v) is 12.3. The zero-order valence-corrected chi connectivity index (χ0v) is 21.7. The molecule has 36 heavy (non-hydrogen) atoms. The van der Waals surface area contributed by atoms with E-state index in [1.54, 1.807) is 20.8 Å². The predicted octanol–water partition coefficient (Wildman–Crippen LogP) is 3.79. The molecule has 8 nitrogen and oxygen atoms in total. The van der Waals surface area contributed by atoms with Crippen molar-refractivity contribution in [1.29, 1.82) is 0 Å². The number of amides is 2. The highest BCUT2D eigenvalue weighted by atomic mass is 16.6. The molecule has 0 aromatic heterocycles. The van der Waals surface area contributed by atoms with Crippen molar-refractivity contribution in [3.8, 4) is 0 Å². The zero-order valence-electron chi connectivity index (χ0n) is 21.7. The fraction of sp³-hybridized carbons (Fsp3) is 0.464. The molecule has 4 N–H and O–H groups in total. The molecule has 2 atom stereocenters. The lowest BCUT2D eigenvalue weighted by molar-refractivity contribution is -0.149. The summed E-state index contributed by atoms with van der Waals surface area (Å²) in [6, 6.07) is 15.5. The van der Waals surface area contributed by atoms with Crippen LogP contribution in [-0.4, -0.2) is 42.2 Å². The van der Waals surface area contributed by atoms with Crippen molar-refractivity contribution in [2.45, 2.75) is 77.7 Å². The predicted molar refractivity (Wildman–Crippen MR) is 139 cm³/mol. The average molecular weight is 498 g/mol. The third-order valence-electron chi connectivity index (χ3n) is 5.33. The number of aryl methyl sites for hydroxylation is 1. The summed E-state index contributed by atoms with van der Waals surface area (Å²) in [5.41, 5.74) is 8.45. The molecule has 0 aliphatic carbocycles. The van der Waals surface area contributed by atoms with Gasteiger partial charge in [-0.05, 0) is 64.5 Å². The number of hydrogen-bond donors (Lipinski definition) is 3. The Labute approximate surface area is 213 Å². The van der Waals surface area contributed by atoms with Crippen LogP contribution in [0.15, 0.2) is 54.6 Å². The van der Waals surface area contributed by atoms with Crippen LogP contribution in [0.25, 0.3) is 0 Å². The molecule has 2 aromatic rings. The van der Waals surface area contributed by atoms with Crippen LogP contribution in [0.3, 0.4) is 0 Å². The number of nitrogens with one attached hydrogen (secondary N) is 2. The molecule has 2 aromatic carbocycles. The maximum atomic E-state index is 12.9. The Balaban J connectivity index is 1.91. The lowest BCUT2D eigenvalue weighted by Gasteiger charge is -2.21. The first kappa shape index (κ1) is 28.8. The van der Waals surface area contributed by atoms with E-state index < -0.39 is 35.7 Å². The Hall–Kier alpha value is -3.39. The summed E-state index contributed by atoms with van der Waals surface area (Å²) in [5.74, 6) is -0.932. The second kappa shape index (κ2) is 14.2. The zero-order chi connectivity index (χ0) is 26.6. The number of alkyl carbamates (subject to hydrolysis) is 1. The summed E-state index contributed by atoms with van der Waals surface area (Å²) in [6.07, 6.45) is 1.41. The molecule has 0 radical (unpaired) electrons. The van der Waals surface area contributed by atoms with Crippen molar-refractivity contribution < 1.29 is 23.9 Å². The van der Waals surface area contributed by atoms with Crippen molar-refractivity contribution in [3.05, 3.63) is 71.3 Å². The van der Waals surface area contributed by atoms with Gasteiger partial charge in [0.25, 0.3) is 0 Å². The van der Waals surface area contributed by atoms with Gasteiger partial charge >= 0.3 is 12.1 Å². The topological polar surface area (TPSA) is 120 Å². The molecule has 2 rings (SSSR count). The molecule has 0 spiro atoms. The highest BCUT2D eigenvalue weighted by molar-refractivity contribution is 5.87. The molecule has 0 heterocycles. The number of hydrogen-bond acceptors (Lipinski definition) is 6. The Morgan fingerprint density at radius 2 is 1.61 bits per heavy atom. The number of ether oxygens (including phenoxy) is 2. The fourth-order valence-electron chi connectivity index (χ4n) is 3.41. The molecule has 196 valence electrons. The van der Waals surface area contributed by atoms with E-state index in [4.69, 9.17) is 15.2 Å². The Morgan fingerprint density at radius 3 is 2.25 bits per heavy atom. The number of nitrogens with two attached hydrogens (primary N) is 1. The third kappa shape index (κ3) is 11.4. The van der Waals surface area contributed by atoms with E-state index in [0.29, 0.717) is 32.2 Å². The SMILES string of the molecule is Cc1ccc(COC(=O)[C@H](CCCCNC(=O)OC(C)(C)C)NC(=O)[C@H](N)Cc2ccccc2)cc1. The second-order valence-electron chi connectivity index (χ2n) is 9.88. The third-order valence-corrected chi connectivity index (χ3v) is 5.33. The van der Waals surface area contributed by atoms with Gasteiger partial charge in [-0.3, -0.25) is 4.79 Å². The minimum atomic E-state index is -0.841. The van der Waals surface area contributed by atoms with Crippen LogP contribution in [0, 0.1) is 6.92 Å². The van der Waals surface area contributed by atoms with Crippen molar-refractivity contribution in [3.63, 3.8) is 0 Å². The first-order valence-electron chi connectivity index (χ1n) is 12.3. The second-order valence-corrected chi connectivity index (χ2v) is 9.88. The van der Waals surface area contributed by atoms with Crippen molar-refractivity contribution >= 4 is 18.0 Å². The lowest BCUT2D eigenvalue weighted by Crippen LogP contribution is -2.49. The minimum absolute atomic E-state index is 0.113. The summed E-state index contributed by atoms with van der Waals surface area (Å²) < 4.78 is 10.7. The van der Waals surface area contributed by atoms with E-state index in [2.05, 4.69) is 10.6 Å². The van der Waals surface area contributed by atoms with Gasteiger partial charge in [0.05, 0.1) is 6.04 Å². The monoisotopic (exact) mass is 497 g/mol. The minimum Gasteiger partial charge on any atom is -0.459 e. The number of rotatable bonds is 12.